The van der Waals surface area contributed by atoms with Crippen molar-refractivity contribution in [3.63, 3.8) is 0 Å². The Bertz CT molecular complexity index is 566. The Kier molecular flexibility index (Phi) is 3.65. The first-order chi connectivity index (χ1) is 9.06. The molecule has 1 atom stereocenters. The summed E-state index contributed by atoms with van der Waals surface area (Å²) in [7, 11) is 0. The summed E-state index contributed by atoms with van der Waals surface area (Å²) < 4.78 is 1.80. The van der Waals surface area contributed by atoms with Crippen LogP contribution in [0.25, 0.3) is 0 Å². The maximum Gasteiger partial charge on any atom is 0.250 e. The zero-order valence-electron chi connectivity index (χ0n) is 10.6. The summed E-state index contributed by atoms with van der Waals surface area (Å²) in [4.78, 5) is 15.3. The molecule has 1 unspecified atom stereocenters. The number of nitrogens with two attached hydrogens (primary N) is 2. The molecule has 2 aromatic rings. The minimum absolute atomic E-state index is 0.0587. The zero-order chi connectivity index (χ0) is 13.8. The van der Waals surface area contributed by atoms with E-state index in [1.807, 2.05) is 19.2 Å². The Morgan fingerprint density at radius 1 is 1.58 bits per heavy atom. The van der Waals surface area contributed by atoms with Gasteiger partial charge in [-0.3, -0.25) is 9.48 Å². The first kappa shape index (κ1) is 12.9. The van der Waals surface area contributed by atoms with Crippen molar-refractivity contribution in [1.82, 2.24) is 14.8 Å². The van der Waals surface area contributed by atoms with Gasteiger partial charge >= 0.3 is 0 Å². The van der Waals surface area contributed by atoms with Crippen molar-refractivity contribution in [3.8, 4) is 0 Å². The summed E-state index contributed by atoms with van der Waals surface area (Å²) in [5.74, 6) is -0.276. The lowest BCUT2D eigenvalue weighted by molar-refractivity contribution is 0.100. The number of hydrogen-bond donors (Lipinski definition) is 3. The average molecular weight is 260 g/mol. The fourth-order valence-electron chi connectivity index (χ4n) is 1.79. The average Bonchev–Trinajstić information content (AvgIpc) is 2.83. The summed E-state index contributed by atoms with van der Waals surface area (Å²) in [6.07, 6.45) is 5.09. The van der Waals surface area contributed by atoms with Crippen LogP contribution in [0.2, 0.25) is 0 Å². The number of amides is 1. The van der Waals surface area contributed by atoms with E-state index in [0.29, 0.717) is 17.8 Å². The van der Waals surface area contributed by atoms with Crippen LogP contribution in [-0.4, -0.2) is 26.7 Å². The first-order valence-corrected chi connectivity index (χ1v) is 5.85. The summed E-state index contributed by atoms with van der Waals surface area (Å²) in [6.45, 7) is 2.64. The highest BCUT2D eigenvalue weighted by molar-refractivity contribution is 5.99. The third kappa shape index (κ3) is 3.21. The molecule has 0 aromatic carbocycles. The number of hydrogen-bond acceptors (Lipinski definition) is 5. The molecule has 0 saturated heterocycles. The molecule has 100 valence electrons. The molecule has 0 saturated carbocycles. The molecule has 2 heterocycles. The van der Waals surface area contributed by atoms with Gasteiger partial charge in [-0.25, -0.2) is 4.98 Å². The van der Waals surface area contributed by atoms with E-state index in [1.165, 1.54) is 12.3 Å². The quantitative estimate of drug-likeness (QED) is 0.723. The van der Waals surface area contributed by atoms with Crippen LogP contribution in [0.15, 0.2) is 30.7 Å². The van der Waals surface area contributed by atoms with Gasteiger partial charge in [0.1, 0.15) is 5.82 Å². The van der Waals surface area contributed by atoms with Gasteiger partial charge in [-0.05, 0) is 19.1 Å². The SMILES string of the molecule is CC(Cn1cccn1)Nc1cnc(N)cc1C(N)=O. The van der Waals surface area contributed by atoms with Gasteiger partial charge < -0.3 is 16.8 Å². The highest BCUT2D eigenvalue weighted by Crippen LogP contribution is 2.17. The Labute approximate surface area is 110 Å². The van der Waals surface area contributed by atoms with E-state index < -0.39 is 5.91 Å². The van der Waals surface area contributed by atoms with E-state index in [9.17, 15) is 4.79 Å². The van der Waals surface area contributed by atoms with E-state index in [-0.39, 0.29) is 11.9 Å². The molecule has 0 radical (unpaired) electrons. The number of carbonyl (C=O) groups is 1. The number of aromatic nitrogens is 3. The van der Waals surface area contributed by atoms with Crippen LogP contribution < -0.4 is 16.8 Å². The van der Waals surface area contributed by atoms with E-state index >= 15 is 0 Å². The van der Waals surface area contributed by atoms with Crippen molar-refractivity contribution in [2.75, 3.05) is 11.1 Å². The molecule has 0 aliphatic carbocycles. The molecule has 7 nitrogen and oxygen atoms in total. The molecular weight excluding hydrogens is 244 g/mol. The largest absolute Gasteiger partial charge is 0.384 e. The maximum absolute atomic E-state index is 11.4. The number of pyridine rings is 1. The molecule has 0 aliphatic heterocycles. The molecule has 2 aromatic heterocycles. The van der Waals surface area contributed by atoms with Gasteiger partial charge in [0.15, 0.2) is 0 Å². The third-order valence-corrected chi connectivity index (χ3v) is 2.61. The van der Waals surface area contributed by atoms with Crippen LogP contribution in [0, 0.1) is 0 Å². The van der Waals surface area contributed by atoms with Gasteiger partial charge in [0, 0.05) is 18.4 Å². The lowest BCUT2D eigenvalue weighted by Gasteiger charge is -2.17. The molecule has 0 spiro atoms. The first-order valence-electron chi connectivity index (χ1n) is 5.85. The van der Waals surface area contributed by atoms with E-state index in [2.05, 4.69) is 15.4 Å². The van der Waals surface area contributed by atoms with Crippen molar-refractivity contribution < 1.29 is 4.79 Å². The summed E-state index contributed by atoms with van der Waals surface area (Å²) in [6, 6.07) is 3.38. The number of primary amides is 1. The predicted octanol–water partition coefficient (Wildman–Crippen LogP) is 0.460. The van der Waals surface area contributed by atoms with Gasteiger partial charge in [-0.2, -0.15) is 5.10 Å². The van der Waals surface area contributed by atoms with Crippen LogP contribution in [-0.2, 0) is 6.54 Å². The molecule has 19 heavy (non-hydrogen) atoms. The van der Waals surface area contributed by atoms with Gasteiger partial charge in [0.2, 0.25) is 0 Å². The second-order valence-electron chi connectivity index (χ2n) is 4.29. The fourth-order valence-corrected chi connectivity index (χ4v) is 1.79. The Hall–Kier alpha value is -2.57. The monoisotopic (exact) mass is 260 g/mol. The molecule has 2 rings (SSSR count). The Morgan fingerprint density at radius 2 is 2.37 bits per heavy atom. The van der Waals surface area contributed by atoms with Crippen LogP contribution in [0.1, 0.15) is 17.3 Å². The standard InChI is InChI=1S/C12H16N6O/c1-8(7-18-4-2-3-16-18)17-10-6-15-11(13)5-9(10)12(14)19/h2-6,8,17H,7H2,1H3,(H2,13,15)(H2,14,19). The lowest BCUT2D eigenvalue weighted by atomic mass is 10.2. The highest BCUT2D eigenvalue weighted by atomic mass is 16.1. The summed E-state index contributed by atoms with van der Waals surface area (Å²) >= 11 is 0. The second-order valence-corrected chi connectivity index (χ2v) is 4.29. The summed E-state index contributed by atoms with van der Waals surface area (Å²) in [5.41, 5.74) is 11.8. The topological polar surface area (TPSA) is 112 Å². The smallest absolute Gasteiger partial charge is 0.250 e. The van der Waals surface area contributed by atoms with Gasteiger partial charge in [0.05, 0.1) is 24.0 Å². The highest BCUT2D eigenvalue weighted by Gasteiger charge is 2.12. The number of rotatable bonds is 5. The number of nitrogens with zero attached hydrogens (tertiary/aromatic N) is 3. The van der Waals surface area contributed by atoms with E-state index in [1.54, 1.807) is 10.9 Å². The predicted molar refractivity (Wildman–Crippen MR) is 72.5 cm³/mol. The van der Waals surface area contributed by atoms with Crippen molar-refractivity contribution in [1.29, 1.82) is 0 Å². The molecule has 5 N–H and O–H groups in total. The Morgan fingerprint density at radius 3 is 3.00 bits per heavy atom. The minimum Gasteiger partial charge on any atom is -0.384 e. The number of nitrogens with one attached hydrogen (secondary N) is 1. The normalized spacial score (nSPS) is 12.1. The summed E-state index contributed by atoms with van der Waals surface area (Å²) in [5, 5.41) is 7.30. The lowest BCUT2D eigenvalue weighted by Crippen LogP contribution is -2.24. The molecule has 0 aliphatic rings. The van der Waals surface area contributed by atoms with Gasteiger partial charge in [0.25, 0.3) is 5.91 Å². The molecule has 0 bridgehead atoms. The van der Waals surface area contributed by atoms with Crippen molar-refractivity contribution in [3.05, 3.63) is 36.3 Å². The van der Waals surface area contributed by atoms with Crippen LogP contribution in [0.5, 0.6) is 0 Å². The van der Waals surface area contributed by atoms with Crippen LogP contribution in [0.3, 0.4) is 0 Å². The minimum atomic E-state index is -0.539. The van der Waals surface area contributed by atoms with Crippen molar-refractivity contribution in [2.24, 2.45) is 5.73 Å². The van der Waals surface area contributed by atoms with Crippen LogP contribution in [0.4, 0.5) is 11.5 Å². The maximum atomic E-state index is 11.4. The fraction of sp³-hybridized carbons (Fsp3) is 0.250. The number of anilines is 2. The van der Waals surface area contributed by atoms with Crippen LogP contribution >= 0.6 is 0 Å². The van der Waals surface area contributed by atoms with Gasteiger partial charge in [-0.15, -0.1) is 0 Å². The number of carbonyl (C=O) groups excluding carboxylic acids is 1. The molecule has 0 fully saturated rings. The van der Waals surface area contributed by atoms with E-state index in [4.69, 9.17) is 11.5 Å². The second kappa shape index (κ2) is 5.38. The van der Waals surface area contributed by atoms with E-state index in [0.717, 1.165) is 0 Å². The molecule has 1 amide bonds. The molecular formula is C12H16N6O. The Balaban J connectivity index is 2.12. The zero-order valence-corrected chi connectivity index (χ0v) is 10.6. The van der Waals surface area contributed by atoms with Crippen molar-refractivity contribution >= 4 is 17.4 Å². The molecule has 7 heteroatoms. The third-order valence-electron chi connectivity index (χ3n) is 2.61. The van der Waals surface area contributed by atoms with Crippen molar-refractivity contribution in [2.45, 2.75) is 19.5 Å². The van der Waals surface area contributed by atoms with Gasteiger partial charge in [-0.1, -0.05) is 0 Å². The number of nitrogen functional groups attached to an aromatic ring is 1.